The first kappa shape index (κ1) is 14.8. The van der Waals surface area contributed by atoms with Crippen molar-refractivity contribution >= 4 is 19.9 Å². The van der Waals surface area contributed by atoms with Crippen LogP contribution in [-0.4, -0.2) is 14.9 Å². The van der Waals surface area contributed by atoms with Gasteiger partial charge in [-0.1, -0.05) is 44.2 Å². The SMILES string of the molecule is CC(C)(C)[Si](C)(C)OCCC#C/C=C\Cl. The molecule has 0 heterocycles. The monoisotopic (exact) mass is 244 g/mol. The summed E-state index contributed by atoms with van der Waals surface area (Å²) in [5.41, 5.74) is 1.42. The van der Waals surface area contributed by atoms with Crippen LogP contribution in [-0.2, 0) is 4.43 Å². The van der Waals surface area contributed by atoms with Gasteiger partial charge in [0.15, 0.2) is 8.32 Å². The molecule has 0 rings (SSSR count). The minimum atomic E-state index is -1.59. The zero-order chi connectivity index (χ0) is 11.9. The van der Waals surface area contributed by atoms with Gasteiger partial charge in [-0.3, -0.25) is 0 Å². The van der Waals surface area contributed by atoms with Crippen LogP contribution in [0.15, 0.2) is 11.6 Å². The average molecular weight is 245 g/mol. The van der Waals surface area contributed by atoms with Gasteiger partial charge in [-0.05, 0) is 24.2 Å². The minimum absolute atomic E-state index is 0.274. The van der Waals surface area contributed by atoms with Crippen molar-refractivity contribution in [3.05, 3.63) is 11.6 Å². The van der Waals surface area contributed by atoms with Gasteiger partial charge >= 0.3 is 0 Å². The van der Waals surface area contributed by atoms with Crippen LogP contribution in [0.2, 0.25) is 18.1 Å². The number of allylic oxidation sites excluding steroid dienone is 1. The number of hydrogen-bond acceptors (Lipinski definition) is 1. The molecule has 0 amide bonds. The van der Waals surface area contributed by atoms with E-state index in [1.807, 2.05) is 0 Å². The minimum Gasteiger partial charge on any atom is -0.416 e. The van der Waals surface area contributed by atoms with Gasteiger partial charge < -0.3 is 4.43 Å². The molecule has 1 nitrogen and oxygen atoms in total. The van der Waals surface area contributed by atoms with E-state index in [0.29, 0.717) is 0 Å². The molecule has 0 unspecified atom stereocenters. The molecule has 3 heteroatoms. The van der Waals surface area contributed by atoms with Crippen molar-refractivity contribution in [3.63, 3.8) is 0 Å². The second-order valence-corrected chi connectivity index (χ2v) is 10.0. The number of hydrogen-bond donors (Lipinski definition) is 0. The van der Waals surface area contributed by atoms with Crippen LogP contribution >= 0.6 is 11.6 Å². The summed E-state index contributed by atoms with van der Waals surface area (Å²) in [5.74, 6) is 5.82. The normalized spacial score (nSPS) is 12.7. The largest absolute Gasteiger partial charge is 0.416 e. The fourth-order valence-corrected chi connectivity index (χ4v) is 1.84. The molecule has 86 valence electrons. The first-order chi connectivity index (χ1) is 6.81. The number of rotatable bonds is 3. The summed E-state index contributed by atoms with van der Waals surface area (Å²) < 4.78 is 5.95. The highest BCUT2D eigenvalue weighted by Crippen LogP contribution is 2.36. The van der Waals surface area contributed by atoms with E-state index >= 15 is 0 Å². The van der Waals surface area contributed by atoms with E-state index in [9.17, 15) is 0 Å². The molecule has 0 aromatic carbocycles. The van der Waals surface area contributed by atoms with E-state index in [0.717, 1.165) is 13.0 Å². The highest BCUT2D eigenvalue weighted by molar-refractivity contribution is 6.74. The third-order valence-corrected chi connectivity index (χ3v) is 7.41. The zero-order valence-electron chi connectivity index (χ0n) is 10.4. The van der Waals surface area contributed by atoms with Crippen molar-refractivity contribution in [3.8, 4) is 11.8 Å². The van der Waals surface area contributed by atoms with Crippen LogP contribution in [0.3, 0.4) is 0 Å². The molecule has 0 aromatic rings. The Hall–Kier alpha value is -0.233. The van der Waals surface area contributed by atoms with Gasteiger partial charge in [-0.2, -0.15) is 0 Å². The first-order valence-electron chi connectivity index (χ1n) is 5.19. The highest BCUT2D eigenvalue weighted by Gasteiger charge is 2.36. The van der Waals surface area contributed by atoms with Gasteiger partial charge in [0.1, 0.15) is 0 Å². The third kappa shape index (κ3) is 6.04. The van der Waals surface area contributed by atoms with Crippen LogP contribution in [0.4, 0.5) is 0 Å². The van der Waals surface area contributed by atoms with Gasteiger partial charge in [0.25, 0.3) is 0 Å². The Morgan fingerprint density at radius 3 is 2.40 bits per heavy atom. The summed E-state index contributed by atoms with van der Waals surface area (Å²) in [7, 11) is -1.59. The summed E-state index contributed by atoms with van der Waals surface area (Å²) in [6, 6.07) is 0. The molecule has 0 spiro atoms. The molecule has 0 saturated carbocycles. The van der Waals surface area contributed by atoms with Crippen molar-refractivity contribution in [2.75, 3.05) is 6.61 Å². The van der Waals surface area contributed by atoms with Crippen LogP contribution in [0, 0.1) is 11.8 Å². The Morgan fingerprint density at radius 2 is 1.93 bits per heavy atom. The topological polar surface area (TPSA) is 9.23 Å². The van der Waals surface area contributed by atoms with E-state index in [-0.39, 0.29) is 5.04 Å². The van der Waals surface area contributed by atoms with Crippen molar-refractivity contribution in [2.24, 2.45) is 0 Å². The van der Waals surface area contributed by atoms with Gasteiger partial charge in [-0.15, -0.1) is 0 Å². The second kappa shape index (κ2) is 6.37. The van der Waals surface area contributed by atoms with Crippen LogP contribution < -0.4 is 0 Å². The average Bonchev–Trinajstić information content (AvgIpc) is 2.09. The highest BCUT2D eigenvalue weighted by atomic mass is 35.5. The molecule has 0 aromatic heterocycles. The van der Waals surface area contributed by atoms with E-state index in [2.05, 4.69) is 45.7 Å². The predicted octanol–water partition coefficient (Wildman–Crippen LogP) is 4.15. The van der Waals surface area contributed by atoms with E-state index < -0.39 is 8.32 Å². The maximum absolute atomic E-state index is 5.95. The summed E-state index contributed by atoms with van der Waals surface area (Å²) in [6.07, 6.45) is 2.40. The molecule has 0 aliphatic carbocycles. The van der Waals surface area contributed by atoms with Crippen LogP contribution in [0.25, 0.3) is 0 Å². The van der Waals surface area contributed by atoms with Crippen molar-refractivity contribution < 1.29 is 4.43 Å². The molecule has 0 aliphatic heterocycles. The lowest BCUT2D eigenvalue weighted by Gasteiger charge is -2.35. The molecular formula is C12H21ClOSi. The second-order valence-electron chi connectivity index (χ2n) is 4.97. The lowest BCUT2D eigenvalue weighted by molar-refractivity contribution is 0.296. The quantitative estimate of drug-likeness (QED) is 0.412. The molecule has 0 bridgehead atoms. The molecule has 0 aliphatic rings. The molecule has 0 saturated heterocycles. The Bertz CT molecular complexity index is 266. The standard InChI is InChI=1S/C12H21ClOSi/c1-12(2,3)15(4,5)14-11-9-7-6-8-10-13/h8,10H,9,11H2,1-5H3/b10-8-. The molecule has 0 atom stereocenters. The van der Waals surface area contributed by atoms with Crippen LogP contribution in [0.1, 0.15) is 27.2 Å². The summed E-state index contributed by atoms with van der Waals surface area (Å²) in [4.78, 5) is 0. The maximum Gasteiger partial charge on any atom is 0.192 e. The molecule has 0 fully saturated rings. The maximum atomic E-state index is 5.95. The molecular weight excluding hydrogens is 224 g/mol. The number of halogens is 1. The van der Waals surface area contributed by atoms with E-state index in [1.165, 1.54) is 5.54 Å². The van der Waals surface area contributed by atoms with Crippen molar-refractivity contribution in [2.45, 2.75) is 45.3 Å². The Morgan fingerprint density at radius 1 is 1.33 bits per heavy atom. The summed E-state index contributed by atoms with van der Waals surface area (Å²) >= 11 is 5.34. The van der Waals surface area contributed by atoms with Gasteiger partial charge in [-0.25, -0.2) is 0 Å². The molecule has 0 N–H and O–H groups in total. The Balaban J connectivity index is 3.93. The Kier molecular flexibility index (Phi) is 6.27. The molecule has 15 heavy (non-hydrogen) atoms. The predicted molar refractivity (Wildman–Crippen MR) is 70.5 cm³/mol. The van der Waals surface area contributed by atoms with Crippen LogP contribution in [0.5, 0.6) is 0 Å². The Labute approximate surface area is 100.0 Å². The first-order valence-corrected chi connectivity index (χ1v) is 8.53. The van der Waals surface area contributed by atoms with E-state index in [1.54, 1.807) is 6.08 Å². The summed E-state index contributed by atoms with van der Waals surface area (Å²) in [5, 5.41) is 0.274. The smallest absolute Gasteiger partial charge is 0.192 e. The van der Waals surface area contributed by atoms with Gasteiger partial charge in [0.2, 0.25) is 0 Å². The van der Waals surface area contributed by atoms with Crippen molar-refractivity contribution in [1.82, 2.24) is 0 Å². The zero-order valence-corrected chi connectivity index (χ0v) is 12.1. The fourth-order valence-electron chi connectivity index (χ4n) is 0.736. The lowest BCUT2D eigenvalue weighted by Crippen LogP contribution is -2.40. The van der Waals surface area contributed by atoms with Gasteiger partial charge in [0.05, 0.1) is 0 Å². The van der Waals surface area contributed by atoms with E-state index in [4.69, 9.17) is 16.0 Å². The third-order valence-electron chi connectivity index (χ3n) is 2.74. The summed E-state index contributed by atoms with van der Waals surface area (Å²) in [6.45, 7) is 11.9. The molecule has 0 radical (unpaired) electrons. The fraction of sp³-hybridized carbons (Fsp3) is 0.667. The van der Waals surface area contributed by atoms with Gasteiger partial charge in [0, 0.05) is 18.6 Å². The van der Waals surface area contributed by atoms with Crippen molar-refractivity contribution in [1.29, 1.82) is 0 Å². The lowest BCUT2D eigenvalue weighted by atomic mass is 10.2.